The van der Waals surface area contributed by atoms with E-state index < -0.39 is 0 Å². The molecule has 1 aromatic heterocycles. The Kier molecular flexibility index (Phi) is 5.25. The molecule has 6 heteroatoms. The average molecular weight is 276 g/mol. The maximum atomic E-state index is 12.7. The molecular formula is C14H17FN4O. The van der Waals surface area contributed by atoms with E-state index in [0.717, 1.165) is 19.5 Å². The summed E-state index contributed by atoms with van der Waals surface area (Å²) in [7, 11) is 0. The first kappa shape index (κ1) is 14.2. The molecule has 0 aliphatic heterocycles. The van der Waals surface area contributed by atoms with Gasteiger partial charge in [0.05, 0.1) is 6.54 Å². The Hall–Kier alpha value is -2.21. The molecule has 1 amide bonds. The molecule has 0 atom stereocenters. The predicted octanol–water partition coefficient (Wildman–Crippen LogP) is 1.64. The summed E-state index contributed by atoms with van der Waals surface area (Å²) in [5, 5.41) is 9.83. The van der Waals surface area contributed by atoms with Gasteiger partial charge in [0.25, 0.3) is 0 Å². The number of amides is 1. The van der Waals surface area contributed by atoms with Gasteiger partial charge in [0, 0.05) is 24.6 Å². The third-order valence-corrected chi connectivity index (χ3v) is 2.71. The molecule has 0 aliphatic rings. The lowest BCUT2D eigenvalue weighted by Crippen LogP contribution is -2.29. The first-order chi connectivity index (χ1) is 9.74. The van der Waals surface area contributed by atoms with E-state index in [1.54, 1.807) is 6.20 Å². The van der Waals surface area contributed by atoms with Gasteiger partial charge in [-0.25, -0.2) is 4.39 Å². The number of rotatable bonds is 7. The Labute approximate surface area is 116 Å². The van der Waals surface area contributed by atoms with Gasteiger partial charge in [0.1, 0.15) is 5.82 Å². The lowest BCUT2D eigenvalue weighted by Gasteiger charge is -2.07. The van der Waals surface area contributed by atoms with Crippen LogP contribution in [0.2, 0.25) is 0 Å². The van der Waals surface area contributed by atoms with Gasteiger partial charge in [-0.15, -0.1) is 0 Å². The van der Waals surface area contributed by atoms with E-state index >= 15 is 0 Å². The molecule has 0 bridgehead atoms. The Balaban J connectivity index is 1.59. The molecule has 20 heavy (non-hydrogen) atoms. The van der Waals surface area contributed by atoms with Crippen LogP contribution in [0.5, 0.6) is 0 Å². The van der Waals surface area contributed by atoms with Gasteiger partial charge < -0.3 is 10.6 Å². The molecule has 0 radical (unpaired) electrons. The maximum absolute atomic E-state index is 12.7. The number of carbonyl (C=O) groups excluding carboxylic acids is 1. The van der Waals surface area contributed by atoms with Crippen LogP contribution in [0.1, 0.15) is 6.42 Å². The molecular weight excluding hydrogens is 259 g/mol. The van der Waals surface area contributed by atoms with E-state index in [0.29, 0.717) is 5.69 Å². The minimum Gasteiger partial charge on any atom is -0.325 e. The number of aromatic nitrogens is 2. The van der Waals surface area contributed by atoms with Crippen molar-refractivity contribution in [1.29, 1.82) is 0 Å². The fraction of sp³-hybridized carbons (Fsp3) is 0.286. The highest BCUT2D eigenvalue weighted by Crippen LogP contribution is 2.07. The number of carbonyl (C=O) groups is 1. The van der Waals surface area contributed by atoms with Gasteiger partial charge in [-0.1, -0.05) is 0 Å². The van der Waals surface area contributed by atoms with Crippen LogP contribution >= 0.6 is 0 Å². The molecule has 1 aromatic carbocycles. The normalized spacial score (nSPS) is 10.4. The maximum Gasteiger partial charge on any atom is 0.238 e. The van der Waals surface area contributed by atoms with E-state index in [1.165, 1.54) is 24.3 Å². The van der Waals surface area contributed by atoms with E-state index in [1.807, 2.05) is 16.9 Å². The number of anilines is 1. The number of nitrogens with one attached hydrogen (secondary N) is 2. The Morgan fingerprint density at radius 2 is 2.10 bits per heavy atom. The zero-order valence-corrected chi connectivity index (χ0v) is 11.1. The van der Waals surface area contributed by atoms with Gasteiger partial charge in [0.2, 0.25) is 5.91 Å². The van der Waals surface area contributed by atoms with Gasteiger partial charge >= 0.3 is 0 Å². The third kappa shape index (κ3) is 4.81. The van der Waals surface area contributed by atoms with Gasteiger partial charge in [0.15, 0.2) is 0 Å². The van der Waals surface area contributed by atoms with Crippen LogP contribution in [0, 0.1) is 5.82 Å². The van der Waals surface area contributed by atoms with Crippen molar-refractivity contribution in [3.8, 4) is 0 Å². The zero-order valence-electron chi connectivity index (χ0n) is 11.1. The van der Waals surface area contributed by atoms with Crippen molar-refractivity contribution in [2.45, 2.75) is 13.0 Å². The molecule has 1 heterocycles. The monoisotopic (exact) mass is 276 g/mol. The van der Waals surface area contributed by atoms with Crippen molar-refractivity contribution in [3.63, 3.8) is 0 Å². The molecule has 106 valence electrons. The topological polar surface area (TPSA) is 59.0 Å². The first-order valence-electron chi connectivity index (χ1n) is 6.47. The van der Waals surface area contributed by atoms with Crippen LogP contribution in [-0.4, -0.2) is 28.8 Å². The Morgan fingerprint density at radius 3 is 2.80 bits per heavy atom. The number of benzene rings is 1. The van der Waals surface area contributed by atoms with Crippen LogP contribution in [0.15, 0.2) is 42.7 Å². The third-order valence-electron chi connectivity index (χ3n) is 2.71. The number of aryl methyl sites for hydroxylation is 1. The lowest BCUT2D eigenvalue weighted by molar-refractivity contribution is -0.115. The summed E-state index contributed by atoms with van der Waals surface area (Å²) in [6.45, 7) is 1.78. The minimum absolute atomic E-state index is 0.143. The summed E-state index contributed by atoms with van der Waals surface area (Å²) < 4.78 is 14.5. The van der Waals surface area contributed by atoms with E-state index in [9.17, 15) is 9.18 Å². The van der Waals surface area contributed by atoms with Crippen LogP contribution in [0.3, 0.4) is 0 Å². The molecule has 0 saturated heterocycles. The average Bonchev–Trinajstić information content (AvgIpc) is 2.94. The highest BCUT2D eigenvalue weighted by molar-refractivity contribution is 5.92. The fourth-order valence-corrected chi connectivity index (χ4v) is 1.74. The van der Waals surface area contributed by atoms with Gasteiger partial charge in [-0.2, -0.15) is 5.10 Å². The summed E-state index contributed by atoms with van der Waals surface area (Å²) in [6, 6.07) is 7.57. The first-order valence-corrected chi connectivity index (χ1v) is 6.47. The van der Waals surface area contributed by atoms with Crippen molar-refractivity contribution in [2.24, 2.45) is 0 Å². The molecule has 0 aliphatic carbocycles. The second-order valence-corrected chi connectivity index (χ2v) is 4.35. The number of nitrogens with zero attached hydrogens (tertiary/aromatic N) is 2. The van der Waals surface area contributed by atoms with E-state index in [4.69, 9.17) is 0 Å². The van der Waals surface area contributed by atoms with Crippen LogP contribution in [0.4, 0.5) is 10.1 Å². The largest absolute Gasteiger partial charge is 0.325 e. The zero-order chi connectivity index (χ0) is 14.2. The van der Waals surface area contributed by atoms with Crippen molar-refractivity contribution < 1.29 is 9.18 Å². The Morgan fingerprint density at radius 1 is 1.30 bits per heavy atom. The number of hydrogen-bond acceptors (Lipinski definition) is 3. The fourth-order valence-electron chi connectivity index (χ4n) is 1.74. The van der Waals surface area contributed by atoms with Gasteiger partial charge in [-0.05, 0) is 43.3 Å². The summed E-state index contributed by atoms with van der Waals surface area (Å²) in [4.78, 5) is 11.6. The standard InChI is InChI=1S/C14H17FN4O/c15-12-3-5-13(6-4-12)18-14(20)11-16-7-1-9-19-10-2-8-17-19/h2-6,8,10,16H,1,7,9,11H2,(H,18,20). The van der Waals surface area contributed by atoms with Crippen LogP contribution < -0.4 is 10.6 Å². The second kappa shape index (κ2) is 7.40. The highest BCUT2D eigenvalue weighted by Gasteiger charge is 2.01. The number of halogens is 1. The quantitative estimate of drug-likeness (QED) is 0.756. The van der Waals surface area contributed by atoms with Crippen LogP contribution in [0.25, 0.3) is 0 Å². The smallest absolute Gasteiger partial charge is 0.238 e. The summed E-state index contributed by atoms with van der Waals surface area (Å²) >= 11 is 0. The molecule has 0 fully saturated rings. The van der Waals surface area contributed by atoms with Crippen molar-refractivity contribution in [3.05, 3.63) is 48.5 Å². The molecule has 2 aromatic rings. The Bertz CT molecular complexity index is 525. The highest BCUT2D eigenvalue weighted by atomic mass is 19.1. The SMILES string of the molecule is O=C(CNCCCn1cccn1)Nc1ccc(F)cc1. The van der Waals surface area contributed by atoms with Crippen molar-refractivity contribution in [2.75, 3.05) is 18.4 Å². The van der Waals surface area contributed by atoms with E-state index in [-0.39, 0.29) is 18.3 Å². The molecule has 0 spiro atoms. The van der Waals surface area contributed by atoms with Crippen molar-refractivity contribution in [1.82, 2.24) is 15.1 Å². The minimum atomic E-state index is -0.320. The molecule has 0 unspecified atom stereocenters. The number of hydrogen-bond donors (Lipinski definition) is 2. The molecule has 5 nitrogen and oxygen atoms in total. The lowest BCUT2D eigenvalue weighted by atomic mass is 10.3. The van der Waals surface area contributed by atoms with Crippen molar-refractivity contribution >= 4 is 11.6 Å². The second-order valence-electron chi connectivity index (χ2n) is 4.35. The van der Waals surface area contributed by atoms with Crippen LogP contribution in [-0.2, 0) is 11.3 Å². The molecule has 2 rings (SSSR count). The predicted molar refractivity (Wildman–Crippen MR) is 74.7 cm³/mol. The summed E-state index contributed by atoms with van der Waals surface area (Å²) in [6.07, 6.45) is 4.54. The summed E-state index contributed by atoms with van der Waals surface area (Å²) in [5.74, 6) is -0.463. The van der Waals surface area contributed by atoms with Gasteiger partial charge in [-0.3, -0.25) is 9.48 Å². The summed E-state index contributed by atoms with van der Waals surface area (Å²) in [5.41, 5.74) is 0.592. The molecule has 0 saturated carbocycles. The van der Waals surface area contributed by atoms with E-state index in [2.05, 4.69) is 15.7 Å². The molecule has 2 N–H and O–H groups in total.